The minimum Gasteiger partial charge on any atom is -0.264 e. The van der Waals surface area contributed by atoms with Crippen molar-refractivity contribution in [1.82, 2.24) is 0 Å². The Bertz CT molecular complexity index is 258. The third-order valence-corrected chi connectivity index (χ3v) is 1.57. The molecule has 0 saturated carbocycles. The van der Waals surface area contributed by atoms with Crippen LogP contribution in [0.3, 0.4) is 0 Å². The Morgan fingerprint density at radius 1 is 1.18 bits per heavy atom. The maximum absolute atomic E-state index is 8.68. The molecule has 0 spiro atoms. The van der Waals surface area contributed by atoms with Crippen molar-refractivity contribution in [2.24, 2.45) is 0 Å². The van der Waals surface area contributed by atoms with Gasteiger partial charge in [0, 0.05) is 0 Å². The summed E-state index contributed by atoms with van der Waals surface area (Å²) in [5.41, 5.74) is 2.36. The molecule has 3 nitrogen and oxygen atoms in total. The number of nitrogens with zero attached hydrogens (tertiary/aromatic N) is 1. The predicted molar refractivity (Wildman–Crippen MR) is 42.0 cm³/mol. The first-order valence-electron chi connectivity index (χ1n) is 3.36. The van der Waals surface area contributed by atoms with Crippen LogP contribution in [-0.2, 0) is 0 Å². The number of benzene rings is 1. The summed E-state index contributed by atoms with van der Waals surface area (Å²) in [6, 6.07) is 5.36. The Morgan fingerprint density at radius 3 is 2.27 bits per heavy atom. The van der Waals surface area contributed by atoms with Gasteiger partial charge >= 0.3 is 0 Å². The van der Waals surface area contributed by atoms with E-state index >= 15 is 0 Å². The number of rotatable bonds is 1. The van der Waals surface area contributed by atoms with Gasteiger partial charge in [-0.15, -0.1) is 5.23 Å². The molecule has 3 heteroatoms. The van der Waals surface area contributed by atoms with Gasteiger partial charge in [0.2, 0.25) is 0 Å². The minimum atomic E-state index is 0.134. The van der Waals surface area contributed by atoms with Crippen molar-refractivity contribution in [3.63, 3.8) is 0 Å². The molecule has 2 N–H and O–H groups in total. The number of hydrogen-bond donors (Lipinski definition) is 2. The molecule has 0 aliphatic heterocycles. The largest absolute Gasteiger partial charge is 0.264 e. The average Bonchev–Trinajstić information content (AvgIpc) is 1.85. The van der Waals surface area contributed by atoms with E-state index in [4.69, 9.17) is 10.4 Å². The molecule has 0 aromatic heterocycles. The highest BCUT2D eigenvalue weighted by Crippen LogP contribution is 2.17. The van der Waals surface area contributed by atoms with Crippen LogP contribution in [0.4, 0.5) is 5.69 Å². The zero-order chi connectivity index (χ0) is 8.43. The van der Waals surface area contributed by atoms with E-state index in [2.05, 4.69) is 0 Å². The van der Waals surface area contributed by atoms with E-state index in [-0.39, 0.29) is 5.23 Å². The molecule has 0 unspecified atom stereocenters. The standard InChI is InChI=1S/C8H11NO2/c1-6-3-4-8(9(10)11)7(2)5-6/h3-5,10-11H,1-2H3. The van der Waals surface area contributed by atoms with Crippen molar-refractivity contribution in [2.75, 3.05) is 5.23 Å². The highest BCUT2D eigenvalue weighted by atomic mass is 16.8. The topological polar surface area (TPSA) is 43.7 Å². The van der Waals surface area contributed by atoms with E-state index < -0.39 is 0 Å². The van der Waals surface area contributed by atoms with Gasteiger partial charge in [0.15, 0.2) is 0 Å². The number of aryl methyl sites for hydroxylation is 2. The summed E-state index contributed by atoms with van der Waals surface area (Å²) in [5, 5.41) is 17.5. The Kier molecular flexibility index (Phi) is 2.12. The van der Waals surface area contributed by atoms with Crippen LogP contribution in [-0.4, -0.2) is 10.4 Å². The van der Waals surface area contributed by atoms with Gasteiger partial charge in [-0.3, -0.25) is 10.4 Å². The van der Waals surface area contributed by atoms with E-state index in [1.165, 1.54) is 0 Å². The molecular weight excluding hydrogens is 142 g/mol. The summed E-state index contributed by atoms with van der Waals surface area (Å²) in [5.74, 6) is 0. The average molecular weight is 153 g/mol. The smallest absolute Gasteiger partial charge is 0.0972 e. The van der Waals surface area contributed by atoms with Crippen molar-refractivity contribution in [1.29, 1.82) is 0 Å². The van der Waals surface area contributed by atoms with Gasteiger partial charge in [0.1, 0.15) is 0 Å². The van der Waals surface area contributed by atoms with Crippen LogP contribution in [0.1, 0.15) is 11.1 Å². The summed E-state index contributed by atoms with van der Waals surface area (Å²) in [4.78, 5) is 0. The minimum absolute atomic E-state index is 0.134. The zero-order valence-electron chi connectivity index (χ0n) is 6.57. The lowest BCUT2D eigenvalue weighted by molar-refractivity contribution is 0.0288. The van der Waals surface area contributed by atoms with Crippen molar-refractivity contribution >= 4 is 5.69 Å². The second-order valence-corrected chi connectivity index (χ2v) is 2.58. The lowest BCUT2D eigenvalue weighted by Gasteiger charge is -2.10. The van der Waals surface area contributed by atoms with E-state index in [0.717, 1.165) is 11.1 Å². The monoisotopic (exact) mass is 153 g/mol. The molecule has 0 fully saturated rings. The fourth-order valence-electron chi connectivity index (χ4n) is 1.03. The first kappa shape index (κ1) is 8.04. The van der Waals surface area contributed by atoms with Crippen molar-refractivity contribution in [3.05, 3.63) is 29.3 Å². The molecule has 0 amide bonds. The lowest BCUT2D eigenvalue weighted by Crippen LogP contribution is -2.12. The lowest BCUT2D eigenvalue weighted by atomic mass is 10.1. The van der Waals surface area contributed by atoms with Crippen LogP contribution < -0.4 is 5.23 Å². The first-order chi connectivity index (χ1) is 5.11. The van der Waals surface area contributed by atoms with Crippen LogP contribution in [0.2, 0.25) is 0 Å². The molecule has 0 atom stereocenters. The van der Waals surface area contributed by atoms with Crippen LogP contribution in [0.25, 0.3) is 0 Å². The van der Waals surface area contributed by atoms with E-state index in [1.807, 2.05) is 26.0 Å². The van der Waals surface area contributed by atoms with Crippen LogP contribution in [0, 0.1) is 13.8 Å². The summed E-state index contributed by atoms with van der Waals surface area (Å²) in [7, 11) is 0. The van der Waals surface area contributed by atoms with E-state index in [0.29, 0.717) is 5.69 Å². The molecular formula is C8H11NO2. The van der Waals surface area contributed by atoms with Crippen LogP contribution >= 0.6 is 0 Å². The van der Waals surface area contributed by atoms with Crippen LogP contribution in [0.15, 0.2) is 18.2 Å². The molecule has 0 aliphatic carbocycles. The fraction of sp³-hybridized carbons (Fsp3) is 0.250. The molecule has 1 aromatic rings. The Labute approximate surface area is 65.4 Å². The molecule has 0 radical (unpaired) electrons. The summed E-state index contributed by atoms with van der Waals surface area (Å²) >= 11 is 0. The normalized spacial score (nSPS) is 9.82. The highest BCUT2D eigenvalue weighted by molar-refractivity contribution is 5.50. The summed E-state index contributed by atoms with van der Waals surface area (Å²) in [6.45, 7) is 3.78. The van der Waals surface area contributed by atoms with Gasteiger partial charge in [0.25, 0.3) is 0 Å². The maximum atomic E-state index is 8.68. The van der Waals surface area contributed by atoms with Gasteiger partial charge in [-0.2, -0.15) is 0 Å². The van der Waals surface area contributed by atoms with E-state index in [1.54, 1.807) is 6.07 Å². The van der Waals surface area contributed by atoms with Gasteiger partial charge in [-0.25, -0.2) is 0 Å². The molecule has 1 rings (SSSR count). The molecule has 0 saturated heterocycles. The number of anilines is 1. The number of hydrogen-bond acceptors (Lipinski definition) is 3. The van der Waals surface area contributed by atoms with Crippen molar-refractivity contribution in [3.8, 4) is 0 Å². The summed E-state index contributed by atoms with van der Waals surface area (Å²) in [6.07, 6.45) is 0. The molecule has 11 heavy (non-hydrogen) atoms. The Balaban J connectivity index is 3.09. The third-order valence-electron chi connectivity index (χ3n) is 1.57. The zero-order valence-corrected chi connectivity index (χ0v) is 6.57. The van der Waals surface area contributed by atoms with Gasteiger partial charge in [-0.05, 0) is 25.5 Å². The molecule has 0 heterocycles. The molecule has 60 valence electrons. The van der Waals surface area contributed by atoms with Crippen molar-refractivity contribution < 1.29 is 10.4 Å². The van der Waals surface area contributed by atoms with Crippen LogP contribution in [0.5, 0.6) is 0 Å². The quantitative estimate of drug-likeness (QED) is 0.605. The van der Waals surface area contributed by atoms with Gasteiger partial charge < -0.3 is 0 Å². The predicted octanol–water partition coefficient (Wildman–Crippen LogP) is 1.89. The second kappa shape index (κ2) is 2.90. The Morgan fingerprint density at radius 2 is 1.82 bits per heavy atom. The molecule has 1 aromatic carbocycles. The second-order valence-electron chi connectivity index (χ2n) is 2.58. The molecule has 0 bridgehead atoms. The maximum Gasteiger partial charge on any atom is 0.0972 e. The van der Waals surface area contributed by atoms with E-state index in [9.17, 15) is 0 Å². The fourth-order valence-corrected chi connectivity index (χ4v) is 1.03. The first-order valence-corrected chi connectivity index (χ1v) is 3.36. The van der Waals surface area contributed by atoms with Gasteiger partial charge in [0.05, 0.1) is 5.69 Å². The van der Waals surface area contributed by atoms with Crippen molar-refractivity contribution in [2.45, 2.75) is 13.8 Å². The highest BCUT2D eigenvalue weighted by Gasteiger charge is 2.01. The summed E-state index contributed by atoms with van der Waals surface area (Å²) < 4.78 is 0. The molecule has 0 aliphatic rings. The SMILES string of the molecule is Cc1ccc(N(O)O)c(C)c1. The Hall–Kier alpha value is -1.06. The van der Waals surface area contributed by atoms with Gasteiger partial charge in [-0.1, -0.05) is 17.7 Å². The third kappa shape index (κ3) is 1.69.